The highest BCUT2D eigenvalue weighted by molar-refractivity contribution is 14.0. The van der Waals surface area contributed by atoms with Crippen molar-refractivity contribution >= 4 is 52.7 Å². The first-order valence-corrected chi connectivity index (χ1v) is 10.0. The normalized spacial score (nSPS) is 14.8. The molecule has 0 bridgehead atoms. The molecule has 2 amide bonds. The van der Waals surface area contributed by atoms with Crippen molar-refractivity contribution in [2.24, 2.45) is 4.99 Å². The van der Waals surface area contributed by atoms with Gasteiger partial charge in [-0.15, -0.1) is 24.0 Å². The van der Waals surface area contributed by atoms with E-state index in [2.05, 4.69) is 51.9 Å². The molecule has 0 spiro atoms. The number of imide groups is 1. The van der Waals surface area contributed by atoms with Gasteiger partial charge in [-0.05, 0) is 37.8 Å². The van der Waals surface area contributed by atoms with Gasteiger partial charge in [0.05, 0.1) is 0 Å². The highest BCUT2D eigenvalue weighted by Crippen LogP contribution is 2.21. The largest absolute Gasteiger partial charge is 0.361 e. The van der Waals surface area contributed by atoms with Crippen molar-refractivity contribution in [2.45, 2.75) is 39.5 Å². The molecule has 1 aromatic carbocycles. The minimum Gasteiger partial charge on any atom is -0.361 e. The molecule has 1 aliphatic heterocycles. The highest BCUT2D eigenvalue weighted by atomic mass is 127. The van der Waals surface area contributed by atoms with Crippen LogP contribution in [0.3, 0.4) is 0 Å². The lowest BCUT2D eigenvalue weighted by Crippen LogP contribution is -2.46. The van der Waals surface area contributed by atoms with Crippen LogP contribution in [-0.2, 0) is 16.0 Å². The third-order valence-corrected chi connectivity index (χ3v) is 5.02. The van der Waals surface area contributed by atoms with E-state index in [0.29, 0.717) is 44.9 Å². The fraction of sp³-hybridized carbons (Fsp3) is 0.476. The molecule has 1 saturated heterocycles. The molecule has 29 heavy (non-hydrogen) atoms. The Labute approximate surface area is 188 Å². The summed E-state index contributed by atoms with van der Waals surface area (Å²) in [6, 6.07) is 6.31. The molecule has 0 radical (unpaired) electrons. The number of aryl methyl sites for hydroxylation is 1. The van der Waals surface area contributed by atoms with Gasteiger partial charge in [-0.3, -0.25) is 19.5 Å². The molecule has 2 heterocycles. The monoisotopic (exact) mass is 511 g/mol. The zero-order chi connectivity index (χ0) is 19.9. The molecule has 0 atom stereocenters. The number of piperidine rings is 1. The maximum absolute atomic E-state index is 11.9. The summed E-state index contributed by atoms with van der Waals surface area (Å²) in [5.41, 5.74) is 3.68. The number of carbonyl (C=O) groups excluding carboxylic acids is 2. The summed E-state index contributed by atoms with van der Waals surface area (Å²) in [5, 5.41) is 7.68. The molecule has 1 aromatic heterocycles. The van der Waals surface area contributed by atoms with E-state index in [0.717, 1.165) is 13.0 Å². The van der Waals surface area contributed by atoms with Gasteiger partial charge in [-0.25, -0.2) is 0 Å². The number of fused-ring (bicyclic) bond motifs is 1. The summed E-state index contributed by atoms with van der Waals surface area (Å²) in [6.07, 6.45) is 4.48. The van der Waals surface area contributed by atoms with Crippen LogP contribution in [0.5, 0.6) is 0 Å². The Kier molecular flexibility index (Phi) is 8.94. The third-order valence-electron chi connectivity index (χ3n) is 5.02. The fourth-order valence-electron chi connectivity index (χ4n) is 3.54. The number of hydrogen-bond acceptors (Lipinski definition) is 3. The number of H-pyrrole nitrogens is 1. The van der Waals surface area contributed by atoms with Crippen molar-refractivity contribution in [3.05, 3.63) is 35.5 Å². The average Bonchev–Trinajstić information content (AvgIpc) is 3.09. The van der Waals surface area contributed by atoms with Gasteiger partial charge >= 0.3 is 0 Å². The standard InChI is InChI=1S/C21H29N5O2.HI/c1-3-22-21(24-12-13-26-18(27)8-5-9-19(26)28)23-11-10-16-14-25-20-15(2)6-4-7-17(16)20;/h4,6-7,14,25H,3,5,8-13H2,1-2H3,(H2,22,23,24);1H. The number of nitrogens with one attached hydrogen (secondary N) is 3. The minimum absolute atomic E-state index is 0. The van der Waals surface area contributed by atoms with Crippen LogP contribution in [0.15, 0.2) is 29.4 Å². The number of likely N-dealkylation sites (tertiary alicyclic amines) is 1. The summed E-state index contributed by atoms with van der Waals surface area (Å²) in [4.78, 5) is 33.1. The number of nitrogens with zero attached hydrogens (tertiary/aromatic N) is 2. The van der Waals surface area contributed by atoms with Gasteiger partial charge in [0.2, 0.25) is 11.8 Å². The molecule has 3 N–H and O–H groups in total. The Morgan fingerprint density at radius 3 is 2.69 bits per heavy atom. The lowest BCUT2D eigenvalue weighted by molar-refractivity contribution is -0.147. The molecule has 2 aromatic rings. The van der Waals surface area contributed by atoms with Crippen molar-refractivity contribution in [2.75, 3.05) is 26.2 Å². The van der Waals surface area contributed by atoms with Gasteiger partial charge in [0.25, 0.3) is 0 Å². The molecule has 0 unspecified atom stereocenters. The molecule has 8 heteroatoms. The fourth-order valence-corrected chi connectivity index (χ4v) is 3.54. The molecule has 1 aliphatic rings. The predicted molar refractivity (Wildman–Crippen MR) is 127 cm³/mol. The lowest BCUT2D eigenvalue weighted by Gasteiger charge is -2.25. The van der Waals surface area contributed by atoms with E-state index in [4.69, 9.17) is 0 Å². The van der Waals surface area contributed by atoms with Crippen molar-refractivity contribution < 1.29 is 9.59 Å². The number of hydrogen-bond donors (Lipinski definition) is 3. The summed E-state index contributed by atoms with van der Waals surface area (Å²) in [7, 11) is 0. The van der Waals surface area contributed by atoms with Crippen molar-refractivity contribution in [1.29, 1.82) is 0 Å². The summed E-state index contributed by atoms with van der Waals surface area (Å²) in [6.45, 7) is 6.39. The summed E-state index contributed by atoms with van der Waals surface area (Å²) < 4.78 is 0. The molecule has 3 rings (SSSR count). The second kappa shape index (κ2) is 11.2. The van der Waals surface area contributed by atoms with E-state index < -0.39 is 0 Å². The predicted octanol–water partition coefficient (Wildman–Crippen LogP) is 2.73. The summed E-state index contributed by atoms with van der Waals surface area (Å²) in [5.74, 6) is 0.555. The molecule has 1 fully saturated rings. The Bertz CT molecular complexity index is 861. The highest BCUT2D eigenvalue weighted by Gasteiger charge is 2.25. The Morgan fingerprint density at radius 1 is 1.21 bits per heavy atom. The first-order valence-electron chi connectivity index (χ1n) is 10.0. The molecule has 0 aliphatic carbocycles. The molecule has 0 saturated carbocycles. The van der Waals surface area contributed by atoms with Crippen LogP contribution in [0.4, 0.5) is 0 Å². The number of aromatic amines is 1. The van der Waals surface area contributed by atoms with Crippen LogP contribution in [0.1, 0.15) is 37.3 Å². The number of benzene rings is 1. The van der Waals surface area contributed by atoms with Crippen LogP contribution in [-0.4, -0.2) is 53.8 Å². The van der Waals surface area contributed by atoms with E-state index in [1.165, 1.54) is 26.9 Å². The Morgan fingerprint density at radius 2 is 1.97 bits per heavy atom. The van der Waals surface area contributed by atoms with Gasteiger partial charge < -0.3 is 15.6 Å². The maximum atomic E-state index is 11.9. The van der Waals surface area contributed by atoms with Gasteiger partial charge in [0.15, 0.2) is 5.96 Å². The maximum Gasteiger partial charge on any atom is 0.229 e. The van der Waals surface area contributed by atoms with E-state index in [9.17, 15) is 9.59 Å². The lowest BCUT2D eigenvalue weighted by atomic mass is 10.1. The number of carbonyl (C=O) groups is 2. The molecular weight excluding hydrogens is 481 g/mol. The third kappa shape index (κ3) is 5.94. The molecule has 158 valence electrons. The van der Waals surface area contributed by atoms with Crippen LogP contribution < -0.4 is 10.6 Å². The second-order valence-electron chi connectivity index (χ2n) is 7.04. The van der Waals surface area contributed by atoms with Gasteiger partial charge in [0, 0.05) is 56.1 Å². The topological polar surface area (TPSA) is 89.6 Å². The van der Waals surface area contributed by atoms with Crippen LogP contribution in [0.2, 0.25) is 0 Å². The average molecular weight is 511 g/mol. The van der Waals surface area contributed by atoms with E-state index in [1.54, 1.807) is 0 Å². The van der Waals surface area contributed by atoms with Crippen LogP contribution in [0.25, 0.3) is 10.9 Å². The number of guanidine groups is 1. The van der Waals surface area contributed by atoms with E-state index >= 15 is 0 Å². The van der Waals surface area contributed by atoms with Gasteiger partial charge in [-0.2, -0.15) is 0 Å². The smallest absolute Gasteiger partial charge is 0.229 e. The molecule has 7 nitrogen and oxygen atoms in total. The first kappa shape index (κ1) is 23.2. The van der Waals surface area contributed by atoms with Crippen molar-refractivity contribution in [3.63, 3.8) is 0 Å². The summed E-state index contributed by atoms with van der Waals surface area (Å²) >= 11 is 0. The number of halogens is 1. The van der Waals surface area contributed by atoms with Gasteiger partial charge in [-0.1, -0.05) is 18.2 Å². The molecular formula is C21H30IN5O2. The minimum atomic E-state index is -0.0744. The number of aromatic nitrogens is 1. The van der Waals surface area contributed by atoms with Crippen molar-refractivity contribution in [1.82, 2.24) is 20.5 Å². The quantitative estimate of drug-likeness (QED) is 0.231. The number of para-hydroxylation sites is 1. The number of rotatable bonds is 7. The number of amides is 2. The Balaban J connectivity index is 0.00000300. The van der Waals surface area contributed by atoms with Gasteiger partial charge in [0.1, 0.15) is 0 Å². The zero-order valence-corrected chi connectivity index (χ0v) is 19.4. The van der Waals surface area contributed by atoms with Crippen LogP contribution >= 0.6 is 24.0 Å². The van der Waals surface area contributed by atoms with E-state index in [1.807, 2.05) is 6.92 Å². The van der Waals surface area contributed by atoms with Crippen LogP contribution in [0, 0.1) is 6.92 Å². The zero-order valence-electron chi connectivity index (χ0n) is 17.1. The second-order valence-corrected chi connectivity index (χ2v) is 7.04. The Hall–Kier alpha value is -2.10. The van der Waals surface area contributed by atoms with E-state index in [-0.39, 0.29) is 35.8 Å². The SMILES string of the molecule is CCNC(=NCCc1c[nH]c2c(C)cccc12)NCCN1C(=O)CCCC1=O.I. The number of aliphatic imine (C=N–C) groups is 1. The first-order chi connectivity index (χ1) is 13.6. The van der Waals surface area contributed by atoms with Crippen molar-refractivity contribution in [3.8, 4) is 0 Å².